The number of benzene rings is 2. The van der Waals surface area contributed by atoms with Crippen molar-refractivity contribution >= 4 is 52.2 Å². The summed E-state index contributed by atoms with van der Waals surface area (Å²) in [6.07, 6.45) is 1.65. The summed E-state index contributed by atoms with van der Waals surface area (Å²) in [7, 11) is 0. The molecule has 0 radical (unpaired) electrons. The molecule has 26 heavy (non-hydrogen) atoms. The normalized spacial score (nSPS) is 15.6. The lowest BCUT2D eigenvalue weighted by molar-refractivity contribution is -0.127. The van der Waals surface area contributed by atoms with Gasteiger partial charge in [-0.1, -0.05) is 47.5 Å². The monoisotopic (exact) mass is 386 g/mol. The molecule has 7 heteroatoms. The van der Waals surface area contributed by atoms with Gasteiger partial charge >= 0.3 is 0 Å². The molecule has 3 amide bonds. The van der Waals surface area contributed by atoms with Gasteiger partial charge in [-0.25, -0.2) is 0 Å². The van der Waals surface area contributed by atoms with E-state index in [9.17, 15) is 14.4 Å². The van der Waals surface area contributed by atoms with Crippen molar-refractivity contribution < 1.29 is 14.4 Å². The van der Waals surface area contributed by atoms with Crippen LogP contribution in [-0.2, 0) is 9.59 Å². The van der Waals surface area contributed by atoms with E-state index in [1.807, 2.05) is 31.2 Å². The Morgan fingerprint density at radius 3 is 2.62 bits per heavy atom. The van der Waals surface area contributed by atoms with Gasteiger partial charge in [0.15, 0.2) is 0 Å². The van der Waals surface area contributed by atoms with E-state index < -0.39 is 17.1 Å². The van der Waals surface area contributed by atoms with Crippen LogP contribution in [0, 0.1) is 6.92 Å². The number of nitrogens with zero attached hydrogens (tertiary/aromatic N) is 1. The highest BCUT2D eigenvalue weighted by atomic mass is 35.5. The molecule has 2 aromatic rings. The molecular weight excluding hydrogens is 372 g/mol. The van der Waals surface area contributed by atoms with Crippen LogP contribution in [0.1, 0.15) is 11.1 Å². The van der Waals surface area contributed by atoms with Crippen molar-refractivity contribution in [3.63, 3.8) is 0 Å². The quantitative estimate of drug-likeness (QED) is 0.794. The summed E-state index contributed by atoms with van der Waals surface area (Å²) in [5.74, 6) is -0.937. The minimum Gasteiger partial charge on any atom is -0.324 e. The van der Waals surface area contributed by atoms with E-state index in [2.05, 4.69) is 5.32 Å². The van der Waals surface area contributed by atoms with Crippen molar-refractivity contribution in [2.75, 3.05) is 11.9 Å². The Morgan fingerprint density at radius 1 is 1.19 bits per heavy atom. The van der Waals surface area contributed by atoms with Crippen molar-refractivity contribution in [3.8, 4) is 0 Å². The maximum atomic E-state index is 12.4. The fourth-order valence-corrected chi connectivity index (χ4v) is 3.39. The van der Waals surface area contributed by atoms with E-state index in [1.165, 1.54) is 0 Å². The molecule has 0 bridgehead atoms. The van der Waals surface area contributed by atoms with Crippen molar-refractivity contribution in [3.05, 3.63) is 69.6 Å². The Balaban J connectivity index is 1.69. The average Bonchev–Trinajstić information content (AvgIpc) is 2.84. The van der Waals surface area contributed by atoms with Gasteiger partial charge in [0.1, 0.15) is 6.54 Å². The van der Waals surface area contributed by atoms with Gasteiger partial charge in [-0.2, -0.15) is 0 Å². The molecule has 1 saturated heterocycles. The van der Waals surface area contributed by atoms with Gasteiger partial charge in [-0.05, 0) is 48.5 Å². The van der Waals surface area contributed by atoms with E-state index in [0.717, 1.165) is 27.8 Å². The minimum absolute atomic E-state index is 0.300. The predicted octanol–water partition coefficient (Wildman–Crippen LogP) is 4.32. The first-order valence-electron chi connectivity index (χ1n) is 7.80. The Hall–Kier alpha value is -2.57. The molecule has 5 nitrogen and oxygen atoms in total. The van der Waals surface area contributed by atoms with Gasteiger partial charge < -0.3 is 5.32 Å². The summed E-state index contributed by atoms with van der Waals surface area (Å²) >= 11 is 6.70. The van der Waals surface area contributed by atoms with E-state index >= 15 is 0 Å². The van der Waals surface area contributed by atoms with Gasteiger partial charge in [0.05, 0.1) is 4.91 Å². The summed E-state index contributed by atoms with van der Waals surface area (Å²) in [6, 6.07) is 14.2. The van der Waals surface area contributed by atoms with E-state index in [0.29, 0.717) is 15.6 Å². The molecule has 0 aliphatic carbocycles. The van der Waals surface area contributed by atoms with Crippen molar-refractivity contribution in [2.24, 2.45) is 0 Å². The first kappa shape index (κ1) is 18.2. The van der Waals surface area contributed by atoms with Crippen LogP contribution in [0.5, 0.6) is 0 Å². The molecule has 132 valence electrons. The lowest BCUT2D eigenvalue weighted by atomic mass is 10.1. The van der Waals surface area contributed by atoms with Crippen molar-refractivity contribution in [1.82, 2.24) is 4.90 Å². The van der Waals surface area contributed by atoms with E-state index in [-0.39, 0.29) is 6.54 Å². The van der Waals surface area contributed by atoms with Crippen LogP contribution in [0.3, 0.4) is 0 Å². The number of halogens is 1. The fourth-order valence-electron chi connectivity index (χ4n) is 2.36. The summed E-state index contributed by atoms with van der Waals surface area (Å²) in [5, 5.41) is 2.64. The molecule has 0 unspecified atom stereocenters. The van der Waals surface area contributed by atoms with Crippen molar-refractivity contribution in [2.45, 2.75) is 6.92 Å². The molecule has 1 aliphatic rings. The lowest BCUT2D eigenvalue weighted by Gasteiger charge is -2.12. The number of aryl methyl sites for hydroxylation is 1. The third kappa shape index (κ3) is 4.33. The van der Waals surface area contributed by atoms with Gasteiger partial charge in [0.25, 0.3) is 11.1 Å². The number of carbonyl (C=O) groups excluding carboxylic acids is 3. The molecule has 3 rings (SSSR count). The Labute approximate surface area is 160 Å². The van der Waals surface area contributed by atoms with Crippen LogP contribution >= 0.6 is 23.4 Å². The molecule has 0 saturated carbocycles. The zero-order valence-corrected chi connectivity index (χ0v) is 15.4. The van der Waals surface area contributed by atoms with Gasteiger partial charge in [0, 0.05) is 10.7 Å². The smallest absolute Gasteiger partial charge is 0.294 e. The Kier molecular flexibility index (Phi) is 5.44. The first-order valence-corrected chi connectivity index (χ1v) is 8.99. The highest BCUT2D eigenvalue weighted by Crippen LogP contribution is 2.32. The number of hydrogen-bond donors (Lipinski definition) is 1. The largest absolute Gasteiger partial charge is 0.324 e. The molecule has 1 fully saturated rings. The first-order chi connectivity index (χ1) is 12.4. The molecule has 0 atom stereocenters. The highest BCUT2D eigenvalue weighted by Gasteiger charge is 2.36. The number of amides is 3. The number of hydrogen-bond acceptors (Lipinski definition) is 4. The predicted molar refractivity (Wildman–Crippen MR) is 104 cm³/mol. The number of rotatable bonds is 4. The van der Waals surface area contributed by atoms with Gasteiger partial charge in [-0.3, -0.25) is 19.3 Å². The Morgan fingerprint density at radius 2 is 1.92 bits per heavy atom. The number of thioether (sulfide) groups is 1. The third-order valence-corrected chi connectivity index (χ3v) is 4.80. The molecule has 2 aromatic carbocycles. The standard InChI is InChI=1S/C19H15ClN2O3S/c1-12-5-7-13(8-6-12)9-16-18(24)22(19(25)26-16)11-17(23)21-15-4-2-3-14(20)10-15/h2-10H,11H2,1H3,(H,21,23)/b16-9-. The number of imide groups is 1. The van der Waals surface area contributed by atoms with Crippen molar-refractivity contribution in [1.29, 1.82) is 0 Å². The molecule has 1 heterocycles. The highest BCUT2D eigenvalue weighted by molar-refractivity contribution is 8.18. The van der Waals surface area contributed by atoms with Crippen LogP contribution in [0.2, 0.25) is 5.02 Å². The maximum absolute atomic E-state index is 12.4. The minimum atomic E-state index is -0.471. The molecule has 1 aliphatic heterocycles. The summed E-state index contributed by atoms with van der Waals surface area (Å²) < 4.78 is 0. The molecule has 0 aromatic heterocycles. The van der Waals surface area contributed by atoms with E-state index in [4.69, 9.17) is 11.6 Å². The molecule has 0 spiro atoms. The second-order valence-electron chi connectivity index (χ2n) is 5.74. The summed E-state index contributed by atoms with van der Waals surface area (Å²) in [5.41, 5.74) is 2.43. The van der Waals surface area contributed by atoms with Gasteiger partial charge in [-0.15, -0.1) is 0 Å². The fraction of sp³-hybridized carbons (Fsp3) is 0.105. The maximum Gasteiger partial charge on any atom is 0.294 e. The Bertz CT molecular complexity index is 909. The van der Waals surface area contributed by atoms with Crippen LogP contribution in [0.4, 0.5) is 10.5 Å². The third-order valence-electron chi connectivity index (χ3n) is 3.66. The topological polar surface area (TPSA) is 66.5 Å². The van der Waals surface area contributed by atoms with Crippen LogP contribution in [0.25, 0.3) is 6.08 Å². The summed E-state index contributed by atoms with van der Waals surface area (Å²) in [4.78, 5) is 37.9. The molecular formula is C19H15ClN2O3S. The van der Waals surface area contributed by atoms with Crippen LogP contribution < -0.4 is 5.32 Å². The number of nitrogens with one attached hydrogen (secondary N) is 1. The molecule has 1 N–H and O–H groups in total. The zero-order chi connectivity index (χ0) is 18.7. The van der Waals surface area contributed by atoms with Crippen LogP contribution in [0.15, 0.2) is 53.4 Å². The number of carbonyl (C=O) groups is 3. The number of anilines is 1. The lowest BCUT2D eigenvalue weighted by Crippen LogP contribution is -2.36. The van der Waals surface area contributed by atoms with E-state index in [1.54, 1.807) is 30.3 Å². The van der Waals surface area contributed by atoms with Crippen LogP contribution in [-0.4, -0.2) is 28.5 Å². The average molecular weight is 387 g/mol. The zero-order valence-electron chi connectivity index (χ0n) is 13.9. The summed E-state index contributed by atoms with van der Waals surface area (Å²) in [6.45, 7) is 1.62. The second-order valence-corrected chi connectivity index (χ2v) is 7.17. The van der Waals surface area contributed by atoms with Gasteiger partial charge in [0.2, 0.25) is 5.91 Å². The SMILES string of the molecule is Cc1ccc(/C=C2\SC(=O)N(CC(=O)Nc3cccc(Cl)c3)C2=O)cc1. The second kappa shape index (κ2) is 7.76.